The van der Waals surface area contributed by atoms with E-state index in [0.29, 0.717) is 23.2 Å². The molecule has 35 heavy (non-hydrogen) atoms. The molecule has 0 unspecified atom stereocenters. The van der Waals surface area contributed by atoms with Gasteiger partial charge in [-0.25, -0.2) is 4.98 Å². The summed E-state index contributed by atoms with van der Waals surface area (Å²) in [6.07, 6.45) is 3.23. The van der Waals surface area contributed by atoms with Gasteiger partial charge in [0, 0.05) is 43.8 Å². The van der Waals surface area contributed by atoms with Gasteiger partial charge in [-0.05, 0) is 73.8 Å². The van der Waals surface area contributed by atoms with Gasteiger partial charge >= 0.3 is 0 Å². The van der Waals surface area contributed by atoms with E-state index in [2.05, 4.69) is 56.4 Å². The summed E-state index contributed by atoms with van der Waals surface area (Å²) in [6.45, 7) is 11.6. The molecule has 0 bridgehead atoms. The van der Waals surface area contributed by atoms with Crippen molar-refractivity contribution in [3.8, 4) is 6.07 Å². The normalized spacial score (nSPS) is 14.0. The Morgan fingerprint density at radius 2 is 1.86 bits per heavy atom. The van der Waals surface area contributed by atoms with Crippen LogP contribution in [0, 0.1) is 25.2 Å². The number of hydrogen-bond donors (Lipinski definition) is 2. The predicted molar refractivity (Wildman–Crippen MR) is 144 cm³/mol. The van der Waals surface area contributed by atoms with Gasteiger partial charge in [0.05, 0.1) is 23.2 Å². The zero-order valence-corrected chi connectivity index (χ0v) is 21.4. The van der Waals surface area contributed by atoms with E-state index in [-0.39, 0.29) is 0 Å². The van der Waals surface area contributed by atoms with Crippen molar-refractivity contribution in [3.63, 3.8) is 0 Å². The summed E-state index contributed by atoms with van der Waals surface area (Å²) in [5, 5.41) is 16.6. The van der Waals surface area contributed by atoms with Gasteiger partial charge in [-0.1, -0.05) is 24.6 Å². The molecule has 0 amide bonds. The van der Waals surface area contributed by atoms with Crippen LogP contribution in [0.3, 0.4) is 0 Å². The third kappa shape index (κ3) is 6.02. The van der Waals surface area contributed by atoms with E-state index < -0.39 is 0 Å². The first kappa shape index (κ1) is 24.8. The first-order valence-electron chi connectivity index (χ1n) is 12.1. The fraction of sp³-hybridized carbons (Fsp3) is 0.370. The molecular formula is C27H32ClN7. The molecule has 182 valence electrons. The molecule has 2 aromatic carbocycles. The Labute approximate surface area is 212 Å². The lowest BCUT2D eigenvalue weighted by atomic mass is 9.99. The van der Waals surface area contributed by atoms with Gasteiger partial charge in [0.15, 0.2) is 0 Å². The van der Waals surface area contributed by atoms with E-state index in [0.717, 1.165) is 66.5 Å². The SMILES string of the molecule is CCCN1CCN(c2ccc(Nc3nccc(Nc4ccc(C)c(C)c4CC#N)n3)cc2Cl)CC1. The van der Waals surface area contributed by atoms with Gasteiger partial charge < -0.3 is 15.5 Å². The minimum Gasteiger partial charge on any atom is -0.368 e. The van der Waals surface area contributed by atoms with Crippen LogP contribution in [0.2, 0.25) is 5.02 Å². The summed E-state index contributed by atoms with van der Waals surface area (Å²) in [5.41, 5.74) is 6.03. The minimum atomic E-state index is 0.338. The second-order valence-electron chi connectivity index (χ2n) is 8.88. The fourth-order valence-electron chi connectivity index (χ4n) is 4.42. The van der Waals surface area contributed by atoms with Gasteiger partial charge in [0.25, 0.3) is 0 Å². The summed E-state index contributed by atoms with van der Waals surface area (Å²) in [7, 11) is 0. The van der Waals surface area contributed by atoms with E-state index in [4.69, 9.17) is 11.6 Å². The molecule has 0 atom stereocenters. The molecule has 3 aromatic rings. The Morgan fingerprint density at radius 1 is 1.06 bits per heavy atom. The maximum Gasteiger partial charge on any atom is 0.229 e. The highest BCUT2D eigenvalue weighted by Crippen LogP contribution is 2.31. The zero-order chi connectivity index (χ0) is 24.8. The van der Waals surface area contributed by atoms with E-state index in [1.54, 1.807) is 6.20 Å². The van der Waals surface area contributed by atoms with Crippen molar-refractivity contribution in [3.05, 3.63) is 64.3 Å². The van der Waals surface area contributed by atoms with Crippen LogP contribution in [0.1, 0.15) is 30.0 Å². The number of hydrogen-bond acceptors (Lipinski definition) is 7. The average molecular weight is 490 g/mol. The number of nitrogens with zero attached hydrogens (tertiary/aromatic N) is 5. The number of piperazine rings is 1. The molecule has 7 nitrogen and oxygen atoms in total. The Bertz CT molecular complexity index is 1210. The van der Waals surface area contributed by atoms with Crippen LogP contribution in [0.15, 0.2) is 42.6 Å². The van der Waals surface area contributed by atoms with Crippen LogP contribution in [0.4, 0.5) is 28.8 Å². The molecule has 8 heteroatoms. The monoisotopic (exact) mass is 489 g/mol. The van der Waals surface area contributed by atoms with Crippen LogP contribution in [0.25, 0.3) is 0 Å². The summed E-state index contributed by atoms with van der Waals surface area (Å²) < 4.78 is 0. The van der Waals surface area contributed by atoms with Crippen molar-refractivity contribution in [2.45, 2.75) is 33.6 Å². The van der Waals surface area contributed by atoms with Crippen molar-refractivity contribution < 1.29 is 0 Å². The average Bonchev–Trinajstić information content (AvgIpc) is 2.85. The Morgan fingerprint density at radius 3 is 2.57 bits per heavy atom. The molecule has 0 radical (unpaired) electrons. The Kier molecular flexibility index (Phi) is 8.06. The summed E-state index contributed by atoms with van der Waals surface area (Å²) >= 11 is 6.67. The van der Waals surface area contributed by atoms with Gasteiger partial charge in [-0.3, -0.25) is 4.90 Å². The van der Waals surface area contributed by atoms with E-state index in [1.165, 1.54) is 6.42 Å². The third-order valence-electron chi connectivity index (χ3n) is 6.50. The Balaban J connectivity index is 1.45. The van der Waals surface area contributed by atoms with Crippen molar-refractivity contribution in [1.82, 2.24) is 14.9 Å². The quantitative estimate of drug-likeness (QED) is 0.412. The first-order chi connectivity index (χ1) is 17.0. The number of halogens is 1. The first-order valence-corrected chi connectivity index (χ1v) is 12.5. The van der Waals surface area contributed by atoms with Gasteiger partial charge in [-0.15, -0.1) is 0 Å². The fourth-order valence-corrected chi connectivity index (χ4v) is 4.72. The van der Waals surface area contributed by atoms with Crippen LogP contribution in [0.5, 0.6) is 0 Å². The number of aromatic nitrogens is 2. The predicted octanol–water partition coefficient (Wildman–Crippen LogP) is 5.83. The highest BCUT2D eigenvalue weighted by Gasteiger charge is 2.18. The van der Waals surface area contributed by atoms with E-state index >= 15 is 0 Å². The van der Waals surface area contributed by atoms with E-state index in [9.17, 15) is 5.26 Å². The van der Waals surface area contributed by atoms with Crippen LogP contribution in [-0.2, 0) is 6.42 Å². The van der Waals surface area contributed by atoms with Gasteiger partial charge in [0.2, 0.25) is 5.95 Å². The number of anilines is 5. The number of nitrogens with one attached hydrogen (secondary N) is 2. The molecule has 0 saturated carbocycles. The lowest BCUT2D eigenvalue weighted by Crippen LogP contribution is -2.46. The zero-order valence-electron chi connectivity index (χ0n) is 20.6. The minimum absolute atomic E-state index is 0.338. The largest absolute Gasteiger partial charge is 0.368 e. The lowest BCUT2D eigenvalue weighted by molar-refractivity contribution is 0.258. The van der Waals surface area contributed by atoms with Crippen molar-refractivity contribution >= 4 is 40.4 Å². The topological polar surface area (TPSA) is 80.1 Å². The van der Waals surface area contributed by atoms with Gasteiger partial charge in [-0.2, -0.15) is 10.2 Å². The maximum atomic E-state index is 9.26. The summed E-state index contributed by atoms with van der Waals surface area (Å²) in [4.78, 5) is 13.8. The molecule has 2 N–H and O–H groups in total. The van der Waals surface area contributed by atoms with E-state index in [1.807, 2.05) is 37.3 Å². The third-order valence-corrected chi connectivity index (χ3v) is 6.80. The highest BCUT2D eigenvalue weighted by atomic mass is 35.5. The Hall–Kier alpha value is -3.34. The van der Waals surface area contributed by atoms with Crippen molar-refractivity contribution in [2.75, 3.05) is 48.3 Å². The van der Waals surface area contributed by atoms with Crippen LogP contribution >= 0.6 is 11.6 Å². The lowest BCUT2D eigenvalue weighted by Gasteiger charge is -2.36. The van der Waals surface area contributed by atoms with Crippen molar-refractivity contribution in [1.29, 1.82) is 5.26 Å². The summed E-state index contributed by atoms with van der Waals surface area (Å²) in [6, 6.07) is 14.1. The number of benzene rings is 2. The molecular weight excluding hydrogens is 458 g/mol. The molecule has 1 aliphatic rings. The second-order valence-corrected chi connectivity index (χ2v) is 9.29. The molecule has 2 heterocycles. The molecule has 1 aromatic heterocycles. The molecule has 1 fully saturated rings. The summed E-state index contributed by atoms with van der Waals surface area (Å²) in [5.74, 6) is 1.12. The number of nitriles is 1. The van der Waals surface area contributed by atoms with Crippen molar-refractivity contribution in [2.24, 2.45) is 0 Å². The molecule has 4 rings (SSSR count). The van der Waals surface area contributed by atoms with Crippen LogP contribution < -0.4 is 15.5 Å². The molecule has 0 spiro atoms. The molecule has 1 aliphatic heterocycles. The standard InChI is InChI=1S/C27H32ClN7/c1-4-13-34-14-16-35(17-15-34)25-8-6-21(18-23(25)28)31-27-30-12-10-26(33-27)32-24-7-5-19(2)20(3)22(24)9-11-29/h5-8,10,12,18H,4,9,13-17H2,1-3H3,(H2,30,31,32,33). The molecule has 1 saturated heterocycles. The van der Waals surface area contributed by atoms with Crippen LogP contribution in [-0.4, -0.2) is 47.6 Å². The maximum absolute atomic E-state index is 9.26. The smallest absolute Gasteiger partial charge is 0.229 e. The number of rotatable bonds is 8. The second kappa shape index (κ2) is 11.4. The molecule has 0 aliphatic carbocycles. The van der Waals surface area contributed by atoms with Gasteiger partial charge in [0.1, 0.15) is 5.82 Å². The number of aryl methyl sites for hydroxylation is 1. The highest BCUT2D eigenvalue weighted by molar-refractivity contribution is 6.33.